The van der Waals surface area contributed by atoms with Crippen molar-refractivity contribution in [2.45, 2.75) is 65.2 Å². The lowest BCUT2D eigenvalue weighted by molar-refractivity contribution is -0.865. The van der Waals surface area contributed by atoms with Crippen LogP contribution in [-0.2, 0) is 14.2 Å². The van der Waals surface area contributed by atoms with E-state index in [0.29, 0.717) is 44.8 Å². The molecule has 1 unspecified atom stereocenters. The van der Waals surface area contributed by atoms with Crippen LogP contribution in [0.5, 0.6) is 0 Å². The summed E-state index contributed by atoms with van der Waals surface area (Å²) in [4.78, 5) is 21.6. The number of halogens is 4. The Morgan fingerprint density at radius 1 is 0.493 bits per heavy atom. The Kier molecular flexibility index (Phi) is 36.8. The van der Waals surface area contributed by atoms with E-state index in [1.807, 2.05) is 6.92 Å². The molecule has 0 aromatic heterocycles. The Morgan fingerprint density at radius 3 is 1.20 bits per heavy atom. The number of nitrogens with zero attached hydrogens (tertiary/aromatic N) is 6. The summed E-state index contributed by atoms with van der Waals surface area (Å²) in [6, 6.07) is 0.939. The van der Waals surface area contributed by atoms with Gasteiger partial charge in [-0.2, -0.15) is 55.5 Å². The summed E-state index contributed by atoms with van der Waals surface area (Å²) in [5.41, 5.74) is 0. The summed E-state index contributed by atoms with van der Waals surface area (Å²) in [7, 11) is 25.5. The van der Waals surface area contributed by atoms with E-state index in [-0.39, 0.29) is 6.67 Å². The number of ether oxygens (including phenoxy) is 3. The number of nitrogens with one attached hydrogen (secondary N) is 6. The number of methoxy groups -OCH3 is 1. The van der Waals surface area contributed by atoms with Crippen molar-refractivity contribution in [3.8, 4) is 0 Å². The van der Waals surface area contributed by atoms with Crippen molar-refractivity contribution in [1.82, 2.24) is 29.4 Å². The Bertz CT molecular complexity index is 1200. The maximum absolute atomic E-state index is 12.2. The van der Waals surface area contributed by atoms with Crippen LogP contribution in [0.3, 0.4) is 0 Å². The van der Waals surface area contributed by atoms with E-state index < -0.39 is 12.7 Å². The molecule has 7 rings (SSSR count). The lowest BCUT2D eigenvalue weighted by Crippen LogP contribution is -3.11. The van der Waals surface area contributed by atoms with Gasteiger partial charge in [0.25, 0.3) is 0 Å². The lowest BCUT2D eigenvalue weighted by atomic mass is 10.1. The van der Waals surface area contributed by atoms with E-state index >= 15 is 0 Å². The third-order valence-corrected chi connectivity index (χ3v) is 14.3. The molecule has 424 valence electrons. The third kappa shape index (κ3) is 34.4. The van der Waals surface area contributed by atoms with Gasteiger partial charge in [-0.25, -0.2) is 4.39 Å². The molecule has 0 spiro atoms. The fourth-order valence-electron chi connectivity index (χ4n) is 9.40. The predicted octanol–water partition coefficient (Wildman–Crippen LogP) is -4.30. The van der Waals surface area contributed by atoms with Gasteiger partial charge in [0.15, 0.2) is 0 Å². The molecule has 71 heavy (non-hydrogen) atoms. The molecule has 15 nitrogen and oxygen atoms in total. The first-order chi connectivity index (χ1) is 33.9. The highest BCUT2D eigenvalue weighted by molar-refractivity contribution is 4.78. The first-order valence-electron chi connectivity index (χ1n) is 27.6. The monoisotopic (exact) mass is 1030 g/mol. The molecule has 0 bridgehead atoms. The summed E-state index contributed by atoms with van der Waals surface area (Å²) in [6.45, 7) is 40.6. The Morgan fingerprint density at radius 2 is 0.859 bits per heavy atom. The number of quaternary nitrogens is 6. The average molecular weight is 1030 g/mol. The normalized spacial score (nSPS) is 25.8. The number of hydrogen-bond acceptors (Lipinski definition) is 9. The third-order valence-electron chi connectivity index (χ3n) is 14.3. The quantitative estimate of drug-likeness (QED) is 0.0495. The van der Waals surface area contributed by atoms with Crippen LogP contribution in [0.25, 0.3) is 0 Å². The molecule has 7 fully saturated rings. The van der Waals surface area contributed by atoms with E-state index in [9.17, 15) is 17.6 Å². The average Bonchev–Trinajstić information content (AvgIpc) is 4.16. The van der Waals surface area contributed by atoms with Crippen LogP contribution >= 0.6 is 0 Å². The number of piperazine rings is 6. The zero-order valence-corrected chi connectivity index (χ0v) is 46.1. The van der Waals surface area contributed by atoms with Crippen molar-refractivity contribution in [1.29, 1.82) is 0 Å². The molecule has 19 heteroatoms. The Hall–Kier alpha value is -0.880. The van der Waals surface area contributed by atoms with Crippen LogP contribution in [0.2, 0.25) is 0 Å². The fourth-order valence-corrected chi connectivity index (χ4v) is 9.40. The molecular formula is C52H110F4N12O3. The standard InChI is InChI=1S/C10H22N2O.C9H19FN2.C9H20N2O.C9H18N2.C8H18N2O.C7H13F3N2/c1-3-9-13-10-8-12-6-4-11(2)5-7-12;1-8-6-11(3)7-9(2)12(8)5-4-10;1-3-12-9-8-11-6-4-10(2)5-7-11;1-10-4-6-11(7-5-10)8-9-2-3-9;1-9-3-5-10(6-4-9)7-8-11-2;1-11-2-4-12(5-3-11)6-7(8,9)10/h11H,2-10H2,1H3;8-9,11H,3-7H2,1-2H3;10H,2-9H2,1H3;9-10H,1-8H2;9H,1,3-8H2,2H3;11H,1-6H2/t;8-,9+;;;;. The molecule has 0 aromatic carbocycles. The predicted molar refractivity (Wildman–Crippen MR) is 278 cm³/mol. The number of alkyl halides is 4. The zero-order chi connectivity index (χ0) is 52.4. The van der Waals surface area contributed by atoms with Crippen LogP contribution in [0.1, 0.15) is 47.0 Å². The molecule has 6 saturated heterocycles. The van der Waals surface area contributed by atoms with Gasteiger partial charge in [-0.1, -0.05) is 6.92 Å². The molecule has 6 aliphatic heterocycles. The van der Waals surface area contributed by atoms with Crippen LogP contribution in [0.15, 0.2) is 0 Å². The van der Waals surface area contributed by atoms with Gasteiger partial charge in [0.05, 0.1) is 117 Å². The maximum atomic E-state index is 12.2. The molecule has 6 heterocycles. The molecule has 3 atom stereocenters. The summed E-state index contributed by atoms with van der Waals surface area (Å²) in [5.74, 6) is 1.06. The molecule has 6 N–H and O–H groups in total. The van der Waals surface area contributed by atoms with E-state index in [4.69, 9.17) is 14.2 Å². The molecule has 1 aliphatic carbocycles. The lowest BCUT2D eigenvalue weighted by Gasteiger charge is -2.43. The van der Waals surface area contributed by atoms with E-state index in [2.05, 4.69) is 87.6 Å². The van der Waals surface area contributed by atoms with E-state index in [1.165, 1.54) is 154 Å². The van der Waals surface area contributed by atoms with Crippen molar-refractivity contribution in [3.05, 3.63) is 42.3 Å². The van der Waals surface area contributed by atoms with Gasteiger partial charge in [0, 0.05) is 118 Å². The summed E-state index contributed by atoms with van der Waals surface area (Å²) < 4.78 is 63.5. The molecule has 0 aromatic rings. The minimum atomic E-state index is -4.06. The van der Waals surface area contributed by atoms with Crippen molar-refractivity contribution in [3.63, 3.8) is 0 Å². The first-order valence-corrected chi connectivity index (χ1v) is 27.6. The van der Waals surface area contributed by atoms with Gasteiger partial charge in [-0.15, -0.1) is 0 Å². The van der Waals surface area contributed by atoms with Crippen molar-refractivity contribution < 1.29 is 61.2 Å². The fraction of sp³-hybridized carbons (Fsp3) is 0.885. The van der Waals surface area contributed by atoms with Gasteiger partial charge >= 0.3 is 6.18 Å². The van der Waals surface area contributed by atoms with Gasteiger partial charge in [-0.05, 0) is 46.0 Å². The smallest absolute Gasteiger partial charge is 0.401 e. The van der Waals surface area contributed by atoms with Gasteiger partial charge < -0.3 is 43.6 Å². The molecule has 0 amide bonds. The van der Waals surface area contributed by atoms with Crippen LogP contribution < -0.4 is 29.4 Å². The van der Waals surface area contributed by atoms with Crippen LogP contribution in [-0.4, -0.2) is 278 Å². The zero-order valence-electron chi connectivity index (χ0n) is 46.1. The first kappa shape index (κ1) is 66.2. The maximum Gasteiger partial charge on any atom is 0.401 e. The minimum absolute atomic E-state index is 0.235. The van der Waals surface area contributed by atoms with E-state index in [1.54, 1.807) is 7.11 Å². The van der Waals surface area contributed by atoms with Crippen LogP contribution in [0, 0.1) is 48.2 Å². The SMILES string of the molecule is [CH2-][NH+]1CCN(CC(F)(F)F)CC1.[CH2-][NH+]1CCN(CC2CC2)CC1.[CH2-][NH+]1CCN(CCOC)CC1.[CH2-][NH+]1CCN(CCOCC)CC1.[CH2-][NH+]1CCN(CCOCCC)CC1.[CH2-][NH+]1C[C@@H](C)N(CCF)[C@@H](C)C1. The van der Waals surface area contributed by atoms with Gasteiger partial charge in [0.2, 0.25) is 0 Å². The minimum Gasteiger partial charge on any atom is -0.466 e. The van der Waals surface area contributed by atoms with Crippen molar-refractivity contribution in [2.75, 3.05) is 230 Å². The highest BCUT2D eigenvalue weighted by Gasteiger charge is 2.32. The number of hydrogen-bond donors (Lipinski definition) is 6. The molecular weight excluding hydrogens is 917 g/mol. The topological polar surface area (TPSA) is 73.8 Å². The molecule has 1 saturated carbocycles. The largest absolute Gasteiger partial charge is 0.466 e. The second kappa shape index (κ2) is 39.5. The van der Waals surface area contributed by atoms with Crippen molar-refractivity contribution in [2.24, 2.45) is 5.92 Å². The second-order valence-corrected chi connectivity index (χ2v) is 21.0. The second-order valence-electron chi connectivity index (χ2n) is 21.0. The number of rotatable bonds is 17. The summed E-state index contributed by atoms with van der Waals surface area (Å²) >= 11 is 0. The van der Waals surface area contributed by atoms with Crippen LogP contribution in [0.4, 0.5) is 17.6 Å². The molecule has 7 aliphatic rings. The Labute approximate surface area is 432 Å². The summed E-state index contributed by atoms with van der Waals surface area (Å²) in [5, 5.41) is 0. The van der Waals surface area contributed by atoms with E-state index in [0.717, 1.165) is 83.0 Å². The summed E-state index contributed by atoms with van der Waals surface area (Å²) in [6.07, 6.45) is 0.0321. The highest BCUT2D eigenvalue weighted by atomic mass is 19.4. The van der Waals surface area contributed by atoms with Crippen molar-refractivity contribution >= 4 is 0 Å². The van der Waals surface area contributed by atoms with Gasteiger partial charge in [0.1, 0.15) is 6.67 Å². The highest BCUT2D eigenvalue weighted by Crippen LogP contribution is 2.29. The Balaban J connectivity index is 0.000000292. The van der Waals surface area contributed by atoms with Gasteiger partial charge in [-0.3, -0.25) is 29.4 Å². The molecule has 0 radical (unpaired) electrons.